The van der Waals surface area contributed by atoms with E-state index in [0.717, 1.165) is 12.0 Å². The van der Waals surface area contributed by atoms with Crippen LogP contribution in [0.3, 0.4) is 0 Å². The Morgan fingerprint density at radius 2 is 2.00 bits per heavy atom. The zero-order valence-corrected chi connectivity index (χ0v) is 11.2. The molecule has 0 fully saturated rings. The van der Waals surface area contributed by atoms with Crippen LogP contribution < -0.4 is 0 Å². The van der Waals surface area contributed by atoms with Gasteiger partial charge in [-0.1, -0.05) is 62.2 Å². The number of furan rings is 1. The number of fused-ring (bicyclic) bond motifs is 3. The summed E-state index contributed by atoms with van der Waals surface area (Å²) in [5, 5.41) is 3.76. The highest BCUT2D eigenvalue weighted by molar-refractivity contribution is 6.09. The van der Waals surface area contributed by atoms with Crippen molar-refractivity contribution in [2.45, 2.75) is 26.2 Å². The fourth-order valence-corrected chi connectivity index (χ4v) is 2.49. The fourth-order valence-electron chi connectivity index (χ4n) is 2.49. The number of hydrogen-bond acceptors (Lipinski definition) is 1. The van der Waals surface area contributed by atoms with Gasteiger partial charge >= 0.3 is 0 Å². The Morgan fingerprint density at radius 1 is 1.11 bits per heavy atom. The molecule has 0 spiro atoms. The van der Waals surface area contributed by atoms with Crippen LogP contribution in [0.2, 0.25) is 0 Å². The van der Waals surface area contributed by atoms with Crippen LogP contribution in [0, 0.1) is 0 Å². The van der Waals surface area contributed by atoms with Gasteiger partial charge in [0.15, 0.2) is 0 Å². The van der Waals surface area contributed by atoms with Crippen LogP contribution in [0.15, 0.2) is 53.2 Å². The van der Waals surface area contributed by atoms with E-state index in [1.807, 2.05) is 6.26 Å². The Labute approximate surface area is 113 Å². The second kappa shape index (κ2) is 5.31. The third-order valence-electron chi connectivity index (χ3n) is 3.51. The first-order valence-corrected chi connectivity index (χ1v) is 6.95. The Bertz CT molecular complexity index is 719. The lowest BCUT2D eigenvalue weighted by atomic mass is 10.0. The predicted octanol–water partition coefficient (Wildman–Crippen LogP) is 5.79. The average molecular weight is 250 g/mol. The van der Waals surface area contributed by atoms with Gasteiger partial charge in [0.25, 0.3) is 0 Å². The van der Waals surface area contributed by atoms with Crippen LogP contribution in [0.25, 0.3) is 27.8 Å². The average Bonchev–Trinajstić information content (AvgIpc) is 2.87. The summed E-state index contributed by atoms with van der Waals surface area (Å²) >= 11 is 0. The van der Waals surface area contributed by atoms with Crippen molar-refractivity contribution in [3.8, 4) is 0 Å². The maximum atomic E-state index is 5.66. The molecule has 0 aliphatic carbocycles. The van der Waals surface area contributed by atoms with Gasteiger partial charge in [-0.05, 0) is 23.3 Å². The van der Waals surface area contributed by atoms with E-state index >= 15 is 0 Å². The van der Waals surface area contributed by atoms with Gasteiger partial charge in [-0.15, -0.1) is 0 Å². The molecule has 1 aromatic heterocycles. The van der Waals surface area contributed by atoms with Crippen molar-refractivity contribution in [3.63, 3.8) is 0 Å². The first-order chi connectivity index (χ1) is 9.40. The lowest BCUT2D eigenvalue weighted by molar-refractivity contribution is 0.615. The zero-order valence-electron chi connectivity index (χ0n) is 11.2. The lowest BCUT2D eigenvalue weighted by Crippen LogP contribution is -1.75. The van der Waals surface area contributed by atoms with Gasteiger partial charge in [-0.25, -0.2) is 0 Å². The molecule has 0 amide bonds. The molecule has 0 radical (unpaired) electrons. The summed E-state index contributed by atoms with van der Waals surface area (Å²) in [5.41, 5.74) is 2.15. The minimum absolute atomic E-state index is 0.967. The van der Waals surface area contributed by atoms with Gasteiger partial charge in [-0.3, -0.25) is 0 Å². The van der Waals surface area contributed by atoms with Crippen molar-refractivity contribution in [1.29, 1.82) is 0 Å². The molecule has 0 aliphatic heterocycles. The third-order valence-corrected chi connectivity index (χ3v) is 3.51. The Morgan fingerprint density at radius 3 is 2.89 bits per heavy atom. The van der Waals surface area contributed by atoms with E-state index < -0.39 is 0 Å². The lowest BCUT2D eigenvalue weighted by Gasteiger charge is -1.99. The number of benzene rings is 2. The normalized spacial score (nSPS) is 11.8. The molecule has 1 heteroatoms. The molecule has 0 aliphatic rings. The maximum absolute atomic E-state index is 5.66. The summed E-state index contributed by atoms with van der Waals surface area (Å²) in [7, 11) is 0. The van der Waals surface area contributed by atoms with E-state index in [9.17, 15) is 0 Å². The van der Waals surface area contributed by atoms with Crippen LogP contribution >= 0.6 is 0 Å². The Hall–Kier alpha value is -2.02. The second-order valence-corrected chi connectivity index (χ2v) is 4.90. The Balaban J connectivity index is 2.10. The maximum Gasteiger partial charge on any atom is 0.135 e. The minimum atomic E-state index is 0.967. The van der Waals surface area contributed by atoms with Gasteiger partial charge < -0.3 is 4.42 Å². The molecule has 0 bridgehead atoms. The number of allylic oxidation sites excluding steroid dienone is 1. The van der Waals surface area contributed by atoms with Crippen molar-refractivity contribution in [2.24, 2.45) is 0 Å². The van der Waals surface area contributed by atoms with Crippen molar-refractivity contribution in [1.82, 2.24) is 0 Å². The van der Waals surface area contributed by atoms with Gasteiger partial charge in [-0.2, -0.15) is 0 Å². The van der Waals surface area contributed by atoms with Crippen LogP contribution in [0.4, 0.5) is 0 Å². The number of hydrogen-bond donors (Lipinski definition) is 0. The minimum Gasteiger partial charge on any atom is -0.464 e. The predicted molar refractivity (Wildman–Crippen MR) is 82.3 cm³/mol. The van der Waals surface area contributed by atoms with Crippen molar-refractivity contribution >= 4 is 27.8 Å². The van der Waals surface area contributed by atoms with E-state index in [0.29, 0.717) is 0 Å². The van der Waals surface area contributed by atoms with Crippen LogP contribution in [0.1, 0.15) is 31.7 Å². The SMILES string of the molecule is CCCCC=Cc1coc2ccc3ccccc3c12. The number of unbranched alkanes of at least 4 members (excludes halogenated alkanes) is 2. The van der Waals surface area contributed by atoms with E-state index in [1.54, 1.807) is 0 Å². The molecule has 0 saturated carbocycles. The van der Waals surface area contributed by atoms with Gasteiger partial charge in [0.05, 0.1) is 6.26 Å². The van der Waals surface area contributed by atoms with Crippen molar-refractivity contribution in [2.75, 3.05) is 0 Å². The first kappa shape index (κ1) is 12.0. The van der Waals surface area contributed by atoms with Gasteiger partial charge in [0, 0.05) is 10.9 Å². The summed E-state index contributed by atoms with van der Waals surface area (Å²) < 4.78 is 5.66. The van der Waals surface area contributed by atoms with E-state index in [4.69, 9.17) is 4.42 Å². The molecule has 3 rings (SSSR count). The third kappa shape index (κ3) is 2.28. The van der Waals surface area contributed by atoms with Crippen LogP contribution in [0.5, 0.6) is 0 Å². The summed E-state index contributed by atoms with van der Waals surface area (Å²) in [5.74, 6) is 0. The van der Waals surface area contributed by atoms with Crippen LogP contribution in [-0.4, -0.2) is 0 Å². The zero-order chi connectivity index (χ0) is 13.1. The standard InChI is InChI=1S/C18H18O/c1-2-3-4-5-9-15-13-19-17-12-11-14-8-6-7-10-16(14)18(15)17/h5-13H,2-4H2,1H3. The van der Waals surface area contributed by atoms with Crippen molar-refractivity contribution in [3.05, 3.63) is 54.3 Å². The molecule has 96 valence electrons. The highest BCUT2D eigenvalue weighted by Gasteiger charge is 2.07. The quantitative estimate of drug-likeness (QED) is 0.534. The molecule has 3 aromatic rings. The molecule has 1 nitrogen and oxygen atoms in total. The fraction of sp³-hybridized carbons (Fsp3) is 0.222. The second-order valence-electron chi connectivity index (χ2n) is 4.90. The molecule has 2 aromatic carbocycles. The highest BCUT2D eigenvalue weighted by Crippen LogP contribution is 2.30. The van der Waals surface area contributed by atoms with Crippen molar-refractivity contribution < 1.29 is 4.42 Å². The topological polar surface area (TPSA) is 13.1 Å². The van der Waals surface area contributed by atoms with Crippen LogP contribution in [-0.2, 0) is 0 Å². The molecule has 0 N–H and O–H groups in total. The summed E-state index contributed by atoms with van der Waals surface area (Å²) in [6, 6.07) is 12.6. The van der Waals surface area contributed by atoms with Gasteiger partial charge in [0.2, 0.25) is 0 Å². The molecular weight excluding hydrogens is 232 g/mol. The number of rotatable bonds is 4. The van der Waals surface area contributed by atoms with E-state index in [1.165, 1.54) is 34.6 Å². The molecule has 0 saturated heterocycles. The summed E-state index contributed by atoms with van der Waals surface area (Å²) in [6.07, 6.45) is 9.91. The molecule has 19 heavy (non-hydrogen) atoms. The molecular formula is C18H18O. The molecule has 0 atom stereocenters. The molecule has 0 unspecified atom stereocenters. The first-order valence-electron chi connectivity index (χ1n) is 6.95. The smallest absolute Gasteiger partial charge is 0.135 e. The van der Waals surface area contributed by atoms with E-state index in [2.05, 4.69) is 55.5 Å². The van der Waals surface area contributed by atoms with E-state index in [-0.39, 0.29) is 0 Å². The summed E-state index contributed by atoms with van der Waals surface area (Å²) in [4.78, 5) is 0. The molecule has 1 heterocycles. The Kier molecular flexibility index (Phi) is 3.37. The summed E-state index contributed by atoms with van der Waals surface area (Å²) in [6.45, 7) is 2.22. The highest BCUT2D eigenvalue weighted by atomic mass is 16.3. The monoisotopic (exact) mass is 250 g/mol. The largest absolute Gasteiger partial charge is 0.464 e. The van der Waals surface area contributed by atoms with Gasteiger partial charge in [0.1, 0.15) is 5.58 Å².